The number of hydrogen-bond acceptors (Lipinski definition) is 6. The van der Waals surface area contributed by atoms with Crippen molar-refractivity contribution in [2.75, 3.05) is 7.11 Å². The number of rotatable bonds is 3. The Morgan fingerprint density at radius 2 is 2.10 bits per heavy atom. The first-order valence-electron chi connectivity index (χ1n) is 5.90. The molecule has 1 aromatic carbocycles. The maximum Gasteiger partial charge on any atom is 0.262 e. The van der Waals surface area contributed by atoms with Crippen LogP contribution in [0.2, 0.25) is 0 Å². The van der Waals surface area contributed by atoms with E-state index in [9.17, 15) is 5.11 Å². The molecular formula is C14H11N3O3. The van der Waals surface area contributed by atoms with Crippen LogP contribution in [0.5, 0.6) is 11.5 Å². The Bertz CT molecular complexity index is 726. The second kappa shape index (κ2) is 5.00. The number of nitrogens with zero attached hydrogens (tertiary/aromatic N) is 3. The zero-order chi connectivity index (χ0) is 13.9. The summed E-state index contributed by atoms with van der Waals surface area (Å²) in [5, 5.41) is 13.9. The summed E-state index contributed by atoms with van der Waals surface area (Å²) in [6.07, 6.45) is 3.30. The molecule has 2 heterocycles. The van der Waals surface area contributed by atoms with Gasteiger partial charge in [-0.3, -0.25) is 4.98 Å². The van der Waals surface area contributed by atoms with Crippen molar-refractivity contribution in [3.05, 3.63) is 42.7 Å². The number of para-hydroxylation sites is 1. The summed E-state index contributed by atoms with van der Waals surface area (Å²) in [6, 6.07) is 8.68. The van der Waals surface area contributed by atoms with Crippen molar-refractivity contribution in [2.45, 2.75) is 0 Å². The molecule has 100 valence electrons. The van der Waals surface area contributed by atoms with E-state index in [0.717, 1.165) is 5.56 Å². The third-order valence-corrected chi connectivity index (χ3v) is 2.80. The van der Waals surface area contributed by atoms with Crippen LogP contribution in [0.15, 0.2) is 47.2 Å². The lowest BCUT2D eigenvalue weighted by molar-refractivity contribution is 0.371. The first-order chi connectivity index (χ1) is 9.79. The van der Waals surface area contributed by atoms with E-state index in [1.54, 1.807) is 36.7 Å². The van der Waals surface area contributed by atoms with Gasteiger partial charge in [0.05, 0.1) is 12.7 Å². The van der Waals surface area contributed by atoms with Gasteiger partial charge in [-0.05, 0) is 24.3 Å². The Morgan fingerprint density at radius 1 is 1.20 bits per heavy atom. The van der Waals surface area contributed by atoms with Gasteiger partial charge >= 0.3 is 0 Å². The maximum absolute atomic E-state index is 10.1. The fourth-order valence-electron chi connectivity index (χ4n) is 1.80. The van der Waals surface area contributed by atoms with Gasteiger partial charge in [0, 0.05) is 18.0 Å². The number of aromatic hydroxyl groups is 1. The monoisotopic (exact) mass is 269 g/mol. The smallest absolute Gasteiger partial charge is 0.262 e. The van der Waals surface area contributed by atoms with Crippen molar-refractivity contribution in [1.29, 1.82) is 0 Å². The molecule has 6 nitrogen and oxygen atoms in total. The number of phenols is 1. The fraction of sp³-hybridized carbons (Fsp3) is 0.0714. The first-order valence-corrected chi connectivity index (χ1v) is 5.90. The van der Waals surface area contributed by atoms with E-state index in [2.05, 4.69) is 15.1 Å². The van der Waals surface area contributed by atoms with Crippen molar-refractivity contribution >= 4 is 0 Å². The number of hydrogen-bond donors (Lipinski definition) is 1. The molecule has 20 heavy (non-hydrogen) atoms. The van der Waals surface area contributed by atoms with Crippen molar-refractivity contribution < 1.29 is 14.4 Å². The van der Waals surface area contributed by atoms with Gasteiger partial charge in [0.2, 0.25) is 5.82 Å². The molecule has 2 aromatic heterocycles. The quantitative estimate of drug-likeness (QED) is 0.786. The van der Waals surface area contributed by atoms with E-state index in [0.29, 0.717) is 17.1 Å². The number of phenolic OH excluding ortho intramolecular Hbond substituents is 1. The highest BCUT2D eigenvalue weighted by atomic mass is 16.5. The molecule has 1 N–H and O–H groups in total. The Balaban J connectivity index is 2.03. The van der Waals surface area contributed by atoms with E-state index >= 15 is 0 Å². The molecule has 0 radical (unpaired) electrons. The summed E-state index contributed by atoms with van der Waals surface area (Å²) < 4.78 is 10.2. The second-order valence-electron chi connectivity index (χ2n) is 4.02. The van der Waals surface area contributed by atoms with Crippen molar-refractivity contribution in [3.8, 4) is 34.3 Å². The summed E-state index contributed by atoms with van der Waals surface area (Å²) in [4.78, 5) is 8.25. The molecule has 0 bridgehead atoms. The standard InChI is InChI=1S/C14H11N3O3/c1-19-11-6-2-5-10(12(11)18)14-16-13(17-20-14)9-4-3-7-15-8-9/h2-8,18H,1H3. The van der Waals surface area contributed by atoms with Crippen molar-refractivity contribution in [1.82, 2.24) is 15.1 Å². The van der Waals surface area contributed by atoms with Gasteiger partial charge in [-0.1, -0.05) is 11.2 Å². The lowest BCUT2D eigenvalue weighted by Gasteiger charge is -2.04. The largest absolute Gasteiger partial charge is 0.504 e. The van der Waals surface area contributed by atoms with Crippen LogP contribution in [-0.2, 0) is 0 Å². The molecule has 0 amide bonds. The molecule has 0 fully saturated rings. The van der Waals surface area contributed by atoms with Crippen molar-refractivity contribution in [2.24, 2.45) is 0 Å². The van der Waals surface area contributed by atoms with E-state index in [1.807, 2.05) is 6.07 Å². The predicted molar refractivity (Wildman–Crippen MR) is 71.2 cm³/mol. The van der Waals surface area contributed by atoms with Gasteiger partial charge in [-0.2, -0.15) is 4.98 Å². The SMILES string of the molecule is COc1cccc(-c2nc(-c3cccnc3)no2)c1O. The van der Waals surface area contributed by atoms with Gasteiger partial charge in [-0.25, -0.2) is 0 Å². The highest BCUT2D eigenvalue weighted by Gasteiger charge is 2.16. The van der Waals surface area contributed by atoms with Crippen LogP contribution >= 0.6 is 0 Å². The molecule has 0 unspecified atom stereocenters. The zero-order valence-corrected chi connectivity index (χ0v) is 10.6. The van der Waals surface area contributed by atoms with Crippen LogP contribution in [0.25, 0.3) is 22.8 Å². The number of pyridine rings is 1. The van der Waals surface area contributed by atoms with Crippen LogP contribution in [-0.4, -0.2) is 27.3 Å². The average Bonchev–Trinajstić information content (AvgIpc) is 2.98. The van der Waals surface area contributed by atoms with E-state index in [-0.39, 0.29) is 11.6 Å². The van der Waals surface area contributed by atoms with Gasteiger partial charge in [0.15, 0.2) is 11.5 Å². The molecule has 6 heteroatoms. The average molecular weight is 269 g/mol. The molecule has 0 aliphatic heterocycles. The molecule has 0 saturated heterocycles. The van der Waals surface area contributed by atoms with Gasteiger partial charge in [0.1, 0.15) is 0 Å². The Morgan fingerprint density at radius 3 is 2.85 bits per heavy atom. The molecule has 0 atom stereocenters. The van der Waals surface area contributed by atoms with Crippen LogP contribution in [0.3, 0.4) is 0 Å². The minimum atomic E-state index is -0.0311. The van der Waals surface area contributed by atoms with Gasteiger partial charge < -0.3 is 14.4 Å². The summed E-state index contributed by atoms with van der Waals surface area (Å²) in [5.41, 5.74) is 1.16. The van der Waals surface area contributed by atoms with Crippen molar-refractivity contribution in [3.63, 3.8) is 0 Å². The molecular weight excluding hydrogens is 258 g/mol. The molecule has 0 saturated carbocycles. The molecule has 0 spiro atoms. The summed E-state index contributed by atoms with van der Waals surface area (Å²) in [7, 11) is 1.48. The third-order valence-electron chi connectivity index (χ3n) is 2.80. The molecule has 3 aromatic rings. The Kier molecular flexibility index (Phi) is 3.04. The third kappa shape index (κ3) is 2.07. The lowest BCUT2D eigenvalue weighted by atomic mass is 10.2. The minimum absolute atomic E-state index is 0.0311. The zero-order valence-electron chi connectivity index (χ0n) is 10.6. The second-order valence-corrected chi connectivity index (χ2v) is 4.02. The topological polar surface area (TPSA) is 81.3 Å². The fourth-order valence-corrected chi connectivity index (χ4v) is 1.80. The van der Waals surface area contributed by atoms with Crippen LogP contribution < -0.4 is 4.74 Å². The number of ether oxygens (including phenoxy) is 1. The maximum atomic E-state index is 10.1. The molecule has 0 aliphatic rings. The Labute approximate surface area is 114 Å². The van der Waals surface area contributed by atoms with Gasteiger partial charge in [0.25, 0.3) is 5.89 Å². The van der Waals surface area contributed by atoms with E-state index in [1.165, 1.54) is 7.11 Å². The van der Waals surface area contributed by atoms with Crippen LogP contribution in [0, 0.1) is 0 Å². The summed E-state index contributed by atoms with van der Waals surface area (Å²) >= 11 is 0. The van der Waals surface area contributed by atoms with Crippen LogP contribution in [0.4, 0.5) is 0 Å². The number of methoxy groups -OCH3 is 1. The normalized spacial score (nSPS) is 10.4. The predicted octanol–water partition coefficient (Wildman–Crippen LogP) is 2.51. The number of benzene rings is 1. The number of aromatic nitrogens is 3. The Hall–Kier alpha value is -2.89. The first kappa shape index (κ1) is 12.2. The lowest BCUT2D eigenvalue weighted by Crippen LogP contribution is -1.86. The van der Waals surface area contributed by atoms with E-state index < -0.39 is 0 Å². The molecule has 0 aliphatic carbocycles. The highest BCUT2D eigenvalue weighted by Crippen LogP contribution is 2.36. The summed E-state index contributed by atoms with van der Waals surface area (Å²) in [6.45, 7) is 0. The van der Waals surface area contributed by atoms with Gasteiger partial charge in [-0.15, -0.1) is 0 Å². The van der Waals surface area contributed by atoms with Crippen LogP contribution in [0.1, 0.15) is 0 Å². The van der Waals surface area contributed by atoms with E-state index in [4.69, 9.17) is 9.26 Å². The summed E-state index contributed by atoms with van der Waals surface area (Å²) in [5.74, 6) is 0.954. The molecule has 3 rings (SSSR count). The highest BCUT2D eigenvalue weighted by molar-refractivity contribution is 5.68. The minimum Gasteiger partial charge on any atom is -0.504 e.